The van der Waals surface area contributed by atoms with Crippen molar-refractivity contribution >= 4 is 39.8 Å². The van der Waals surface area contributed by atoms with Gasteiger partial charge in [-0.05, 0) is 78.7 Å². The molecule has 0 radical (unpaired) electrons. The number of carbonyl (C=O) groups is 2. The van der Waals surface area contributed by atoms with E-state index in [1.165, 1.54) is 15.7 Å². The van der Waals surface area contributed by atoms with E-state index in [4.69, 9.17) is 9.47 Å². The van der Waals surface area contributed by atoms with Crippen molar-refractivity contribution in [1.29, 1.82) is 0 Å². The average Bonchev–Trinajstić information content (AvgIpc) is 3.06. The Morgan fingerprint density at radius 3 is 2.44 bits per heavy atom. The Morgan fingerprint density at radius 1 is 0.938 bits per heavy atom. The molecule has 4 rings (SSSR count). The van der Waals surface area contributed by atoms with E-state index < -0.39 is 0 Å². The fraction of sp³-hybridized carbons (Fsp3) is 0.231. The molecule has 1 fully saturated rings. The zero-order chi connectivity index (χ0) is 22.7. The summed E-state index contributed by atoms with van der Waals surface area (Å²) in [7, 11) is 0. The van der Waals surface area contributed by atoms with Crippen LogP contribution in [0, 0.1) is 0 Å². The van der Waals surface area contributed by atoms with Gasteiger partial charge >= 0.3 is 0 Å². The van der Waals surface area contributed by atoms with Crippen LogP contribution in [0.3, 0.4) is 0 Å². The van der Waals surface area contributed by atoms with Crippen LogP contribution in [0.1, 0.15) is 31.9 Å². The predicted molar refractivity (Wildman–Crippen MR) is 129 cm³/mol. The van der Waals surface area contributed by atoms with Gasteiger partial charge in [0.05, 0.1) is 11.5 Å². The molecule has 1 heterocycles. The third-order valence-electron chi connectivity index (χ3n) is 5.11. The first kappa shape index (κ1) is 22.0. The van der Waals surface area contributed by atoms with Gasteiger partial charge in [-0.2, -0.15) is 0 Å². The fourth-order valence-electron chi connectivity index (χ4n) is 3.57. The van der Waals surface area contributed by atoms with Crippen LogP contribution in [0.15, 0.2) is 65.6 Å². The number of ether oxygens (including phenoxy) is 2. The second-order valence-corrected chi connectivity index (χ2v) is 8.75. The van der Waals surface area contributed by atoms with Gasteiger partial charge in [-0.1, -0.05) is 42.5 Å². The molecule has 0 spiro atoms. The SMILES string of the molecule is CCOc1cc(/C=C2/SC(=O)N(C(C)C)C2=O)ccc1OCc1ccc2ccccc2c1. The van der Waals surface area contributed by atoms with Crippen molar-refractivity contribution in [3.63, 3.8) is 0 Å². The summed E-state index contributed by atoms with van der Waals surface area (Å²) in [6.07, 6.45) is 1.73. The van der Waals surface area contributed by atoms with E-state index in [-0.39, 0.29) is 17.2 Å². The Kier molecular flexibility index (Phi) is 6.51. The van der Waals surface area contributed by atoms with Gasteiger partial charge < -0.3 is 9.47 Å². The van der Waals surface area contributed by atoms with Gasteiger partial charge in [-0.15, -0.1) is 0 Å². The molecule has 1 aliphatic heterocycles. The third kappa shape index (κ3) is 4.65. The fourth-order valence-corrected chi connectivity index (χ4v) is 4.53. The molecule has 0 bridgehead atoms. The van der Waals surface area contributed by atoms with E-state index in [1.807, 2.05) is 51.1 Å². The van der Waals surface area contributed by atoms with Crippen LogP contribution in [0.25, 0.3) is 16.8 Å². The molecule has 0 saturated carbocycles. The van der Waals surface area contributed by atoms with Gasteiger partial charge in [0.2, 0.25) is 0 Å². The maximum atomic E-state index is 12.6. The van der Waals surface area contributed by atoms with Crippen LogP contribution < -0.4 is 9.47 Å². The number of hydrogen-bond donors (Lipinski definition) is 0. The highest BCUT2D eigenvalue weighted by atomic mass is 32.2. The molecular weight excluding hydrogens is 422 g/mol. The lowest BCUT2D eigenvalue weighted by Gasteiger charge is -2.16. The lowest BCUT2D eigenvalue weighted by atomic mass is 10.1. The molecule has 32 heavy (non-hydrogen) atoms. The van der Waals surface area contributed by atoms with Crippen molar-refractivity contribution in [2.75, 3.05) is 6.61 Å². The van der Waals surface area contributed by atoms with Crippen molar-refractivity contribution in [2.45, 2.75) is 33.4 Å². The van der Waals surface area contributed by atoms with Crippen molar-refractivity contribution in [1.82, 2.24) is 4.90 Å². The zero-order valence-corrected chi connectivity index (χ0v) is 19.1. The minimum Gasteiger partial charge on any atom is -0.490 e. The lowest BCUT2D eigenvalue weighted by molar-refractivity contribution is -0.123. The highest BCUT2D eigenvalue weighted by Gasteiger charge is 2.36. The quantitative estimate of drug-likeness (QED) is 0.400. The predicted octanol–water partition coefficient (Wildman–Crippen LogP) is 6.26. The van der Waals surface area contributed by atoms with Crippen molar-refractivity contribution in [3.05, 3.63) is 76.7 Å². The second kappa shape index (κ2) is 9.49. The molecule has 0 unspecified atom stereocenters. The Balaban J connectivity index is 1.54. The molecule has 0 N–H and O–H groups in total. The van der Waals surface area contributed by atoms with E-state index in [9.17, 15) is 9.59 Å². The van der Waals surface area contributed by atoms with Gasteiger partial charge in [0.1, 0.15) is 6.61 Å². The van der Waals surface area contributed by atoms with E-state index >= 15 is 0 Å². The Morgan fingerprint density at radius 2 is 1.72 bits per heavy atom. The number of fused-ring (bicyclic) bond motifs is 1. The molecule has 1 aliphatic rings. The molecule has 0 aliphatic carbocycles. The summed E-state index contributed by atoms with van der Waals surface area (Å²) in [5.41, 5.74) is 1.85. The van der Waals surface area contributed by atoms with Gasteiger partial charge in [0.15, 0.2) is 11.5 Å². The number of thioether (sulfide) groups is 1. The maximum Gasteiger partial charge on any atom is 0.293 e. The number of hydrogen-bond acceptors (Lipinski definition) is 5. The Labute approximate surface area is 192 Å². The summed E-state index contributed by atoms with van der Waals surface area (Å²) >= 11 is 0.963. The largest absolute Gasteiger partial charge is 0.490 e. The first-order valence-corrected chi connectivity index (χ1v) is 11.4. The van der Waals surface area contributed by atoms with Crippen LogP contribution in [0.4, 0.5) is 4.79 Å². The Bertz CT molecular complexity index is 1200. The summed E-state index contributed by atoms with van der Waals surface area (Å²) in [4.78, 5) is 26.4. The standard InChI is InChI=1S/C26H25NO4S/c1-4-30-23-14-18(15-24-25(28)27(17(2)3)26(29)32-24)10-12-22(23)31-16-19-9-11-20-7-5-6-8-21(20)13-19/h5-15,17H,4,16H2,1-3H3/b24-15+. The van der Waals surface area contributed by atoms with E-state index in [2.05, 4.69) is 30.3 Å². The first-order valence-electron chi connectivity index (χ1n) is 10.6. The van der Waals surface area contributed by atoms with Gasteiger partial charge in [-0.25, -0.2) is 0 Å². The summed E-state index contributed by atoms with van der Waals surface area (Å²) in [5.74, 6) is 0.974. The van der Waals surface area contributed by atoms with E-state index in [1.54, 1.807) is 6.08 Å². The summed E-state index contributed by atoms with van der Waals surface area (Å²) < 4.78 is 11.8. The second-order valence-electron chi connectivity index (χ2n) is 7.75. The number of nitrogens with zero attached hydrogens (tertiary/aromatic N) is 1. The van der Waals surface area contributed by atoms with Crippen LogP contribution >= 0.6 is 11.8 Å². The van der Waals surface area contributed by atoms with Crippen LogP contribution in [-0.4, -0.2) is 28.7 Å². The van der Waals surface area contributed by atoms with E-state index in [0.717, 1.165) is 22.9 Å². The molecule has 1 saturated heterocycles. The molecule has 0 aromatic heterocycles. The number of amides is 2. The third-order valence-corrected chi connectivity index (χ3v) is 6.00. The molecule has 3 aromatic rings. The van der Waals surface area contributed by atoms with E-state index in [0.29, 0.717) is 29.6 Å². The highest BCUT2D eigenvalue weighted by molar-refractivity contribution is 8.18. The van der Waals surface area contributed by atoms with Crippen LogP contribution in [-0.2, 0) is 11.4 Å². The lowest BCUT2D eigenvalue weighted by Crippen LogP contribution is -2.34. The van der Waals surface area contributed by atoms with Crippen molar-refractivity contribution in [3.8, 4) is 11.5 Å². The number of carbonyl (C=O) groups excluding carboxylic acids is 2. The molecule has 6 heteroatoms. The van der Waals surface area contributed by atoms with Crippen LogP contribution in [0.5, 0.6) is 11.5 Å². The molecule has 164 valence electrons. The minimum atomic E-state index is -0.260. The number of imide groups is 1. The van der Waals surface area contributed by atoms with Gasteiger partial charge in [0.25, 0.3) is 11.1 Å². The highest BCUT2D eigenvalue weighted by Crippen LogP contribution is 2.35. The molecule has 5 nitrogen and oxygen atoms in total. The monoisotopic (exact) mass is 447 g/mol. The average molecular weight is 448 g/mol. The molecule has 3 aromatic carbocycles. The molecular formula is C26H25NO4S. The van der Waals surface area contributed by atoms with Gasteiger partial charge in [0, 0.05) is 6.04 Å². The Hall–Kier alpha value is -3.25. The van der Waals surface area contributed by atoms with Crippen molar-refractivity contribution in [2.24, 2.45) is 0 Å². The topological polar surface area (TPSA) is 55.8 Å². The normalized spacial score (nSPS) is 15.2. The smallest absolute Gasteiger partial charge is 0.293 e. The number of rotatable bonds is 7. The van der Waals surface area contributed by atoms with Crippen LogP contribution in [0.2, 0.25) is 0 Å². The molecule has 0 atom stereocenters. The van der Waals surface area contributed by atoms with Gasteiger partial charge in [-0.3, -0.25) is 14.5 Å². The molecule has 2 amide bonds. The first-order chi connectivity index (χ1) is 15.5. The number of benzene rings is 3. The van der Waals surface area contributed by atoms with Crippen molar-refractivity contribution < 1.29 is 19.1 Å². The summed E-state index contributed by atoms with van der Waals surface area (Å²) in [6, 6.07) is 19.9. The summed E-state index contributed by atoms with van der Waals surface area (Å²) in [6.45, 7) is 6.47. The zero-order valence-electron chi connectivity index (χ0n) is 18.3. The summed E-state index contributed by atoms with van der Waals surface area (Å²) in [5, 5.41) is 2.12. The maximum absolute atomic E-state index is 12.6. The minimum absolute atomic E-state index is 0.168.